The van der Waals surface area contributed by atoms with E-state index in [0.29, 0.717) is 18.1 Å². The van der Waals surface area contributed by atoms with E-state index in [4.69, 9.17) is 9.84 Å². The molecule has 0 unspecified atom stereocenters. The van der Waals surface area contributed by atoms with Crippen molar-refractivity contribution in [2.45, 2.75) is 31.7 Å². The molecular weight excluding hydrogens is 242 g/mol. The molecule has 0 aromatic heterocycles. The first-order valence-corrected chi connectivity index (χ1v) is 6.86. The van der Waals surface area contributed by atoms with Crippen LogP contribution in [0.15, 0.2) is 30.3 Å². The third-order valence-electron chi connectivity index (χ3n) is 3.68. The summed E-state index contributed by atoms with van der Waals surface area (Å²) < 4.78 is 5.09. The van der Waals surface area contributed by atoms with Crippen LogP contribution in [-0.4, -0.2) is 30.5 Å². The fraction of sp³-hybridized carbons (Fsp3) is 0.533. The first-order chi connectivity index (χ1) is 9.31. The lowest BCUT2D eigenvalue weighted by atomic mass is 9.85. The smallest absolute Gasteiger partial charge is 0.251 e. The van der Waals surface area contributed by atoms with Crippen LogP contribution in [-0.2, 0) is 4.74 Å². The van der Waals surface area contributed by atoms with Crippen molar-refractivity contribution in [1.82, 2.24) is 5.32 Å². The molecule has 1 saturated carbocycles. The number of ether oxygens (including phenoxy) is 1. The van der Waals surface area contributed by atoms with Crippen LogP contribution in [0.1, 0.15) is 36.0 Å². The van der Waals surface area contributed by atoms with E-state index in [-0.39, 0.29) is 18.7 Å². The summed E-state index contributed by atoms with van der Waals surface area (Å²) in [7, 11) is 0. The quantitative estimate of drug-likeness (QED) is 0.798. The van der Waals surface area contributed by atoms with E-state index in [1.54, 1.807) is 0 Å². The van der Waals surface area contributed by atoms with Gasteiger partial charge in [0.15, 0.2) is 0 Å². The predicted molar refractivity (Wildman–Crippen MR) is 72.7 cm³/mol. The van der Waals surface area contributed by atoms with E-state index in [9.17, 15) is 4.79 Å². The van der Waals surface area contributed by atoms with Crippen molar-refractivity contribution in [2.75, 3.05) is 13.4 Å². The van der Waals surface area contributed by atoms with Crippen LogP contribution in [0.2, 0.25) is 0 Å². The average Bonchev–Trinajstić information content (AvgIpc) is 2.47. The monoisotopic (exact) mass is 263 g/mol. The highest BCUT2D eigenvalue weighted by atomic mass is 16.6. The van der Waals surface area contributed by atoms with E-state index in [2.05, 4.69) is 5.32 Å². The molecule has 1 aliphatic rings. The molecule has 0 radical (unpaired) electrons. The minimum absolute atomic E-state index is 0.0264. The highest BCUT2D eigenvalue weighted by Gasteiger charge is 2.26. The number of hydrogen-bond acceptors (Lipinski definition) is 3. The molecule has 1 amide bonds. The molecule has 104 valence electrons. The number of aliphatic hydroxyl groups excluding tert-OH is 1. The fourth-order valence-electron chi connectivity index (χ4n) is 2.64. The van der Waals surface area contributed by atoms with Crippen molar-refractivity contribution < 1.29 is 14.6 Å². The van der Waals surface area contributed by atoms with Crippen molar-refractivity contribution in [1.29, 1.82) is 0 Å². The number of rotatable bonds is 5. The van der Waals surface area contributed by atoms with Crippen LogP contribution in [0, 0.1) is 5.92 Å². The van der Waals surface area contributed by atoms with Gasteiger partial charge < -0.3 is 15.2 Å². The Hall–Kier alpha value is -1.39. The summed E-state index contributed by atoms with van der Waals surface area (Å²) in [4.78, 5) is 12.1. The Labute approximate surface area is 113 Å². The van der Waals surface area contributed by atoms with Gasteiger partial charge in [-0.15, -0.1) is 0 Å². The summed E-state index contributed by atoms with van der Waals surface area (Å²) in [5.74, 6) is 0.273. The van der Waals surface area contributed by atoms with Gasteiger partial charge in [0.2, 0.25) is 0 Å². The maximum Gasteiger partial charge on any atom is 0.251 e. The SMILES string of the molecule is O=C(N[C@@H]1CCCC[C@@H]1COCO)c1ccccc1. The van der Waals surface area contributed by atoms with Gasteiger partial charge in [0, 0.05) is 17.5 Å². The van der Waals surface area contributed by atoms with Gasteiger partial charge in [-0.05, 0) is 25.0 Å². The van der Waals surface area contributed by atoms with Gasteiger partial charge in [0.1, 0.15) is 6.79 Å². The number of amides is 1. The minimum Gasteiger partial charge on any atom is -0.371 e. The van der Waals surface area contributed by atoms with Crippen molar-refractivity contribution in [3.63, 3.8) is 0 Å². The van der Waals surface area contributed by atoms with Crippen LogP contribution < -0.4 is 5.32 Å². The second-order valence-corrected chi connectivity index (χ2v) is 4.99. The van der Waals surface area contributed by atoms with Crippen molar-refractivity contribution in [2.24, 2.45) is 5.92 Å². The van der Waals surface area contributed by atoms with Crippen LogP contribution in [0.25, 0.3) is 0 Å². The van der Waals surface area contributed by atoms with Crippen molar-refractivity contribution >= 4 is 5.91 Å². The zero-order valence-electron chi connectivity index (χ0n) is 11.0. The molecule has 0 bridgehead atoms. The largest absolute Gasteiger partial charge is 0.371 e. The number of nitrogens with one attached hydrogen (secondary N) is 1. The summed E-state index contributed by atoms with van der Waals surface area (Å²) in [6.45, 7) is 0.256. The number of aliphatic hydroxyl groups is 1. The fourth-order valence-corrected chi connectivity index (χ4v) is 2.64. The predicted octanol–water partition coefficient (Wildman–Crippen LogP) is 1.94. The molecule has 19 heavy (non-hydrogen) atoms. The normalized spacial score (nSPS) is 23.0. The zero-order valence-corrected chi connectivity index (χ0v) is 11.0. The van der Waals surface area contributed by atoms with Gasteiger partial charge in [-0.3, -0.25) is 4.79 Å². The lowest BCUT2D eigenvalue weighted by Crippen LogP contribution is -2.43. The molecule has 2 N–H and O–H groups in total. The summed E-state index contributed by atoms with van der Waals surface area (Å²) in [6.07, 6.45) is 4.32. The second-order valence-electron chi connectivity index (χ2n) is 4.99. The van der Waals surface area contributed by atoms with Gasteiger partial charge in [-0.2, -0.15) is 0 Å². The molecule has 0 spiro atoms. The van der Waals surface area contributed by atoms with Gasteiger partial charge in [0.05, 0.1) is 6.61 Å². The van der Waals surface area contributed by atoms with Crippen LogP contribution in [0.5, 0.6) is 0 Å². The third kappa shape index (κ3) is 4.04. The molecule has 4 nitrogen and oxygen atoms in total. The van der Waals surface area contributed by atoms with Crippen LogP contribution in [0.3, 0.4) is 0 Å². The Morgan fingerprint density at radius 2 is 2.00 bits per heavy atom. The molecule has 4 heteroatoms. The second kappa shape index (κ2) is 7.26. The molecule has 2 atom stereocenters. The number of carbonyl (C=O) groups excluding carboxylic acids is 1. The lowest BCUT2D eigenvalue weighted by molar-refractivity contribution is -0.0273. The highest BCUT2D eigenvalue weighted by molar-refractivity contribution is 5.94. The molecule has 0 heterocycles. The Balaban J connectivity index is 1.93. The molecule has 1 fully saturated rings. The zero-order chi connectivity index (χ0) is 13.5. The van der Waals surface area contributed by atoms with Gasteiger partial charge in [-0.25, -0.2) is 0 Å². The Morgan fingerprint density at radius 3 is 2.74 bits per heavy atom. The van der Waals surface area contributed by atoms with Gasteiger partial charge >= 0.3 is 0 Å². The van der Waals surface area contributed by atoms with Crippen molar-refractivity contribution in [3.05, 3.63) is 35.9 Å². The van der Waals surface area contributed by atoms with Gasteiger partial charge in [-0.1, -0.05) is 31.0 Å². The Kier molecular flexibility index (Phi) is 5.36. The van der Waals surface area contributed by atoms with E-state index < -0.39 is 0 Å². The summed E-state index contributed by atoms with van der Waals surface area (Å²) in [5.41, 5.74) is 0.690. The molecule has 0 saturated heterocycles. The van der Waals surface area contributed by atoms with Gasteiger partial charge in [0.25, 0.3) is 5.91 Å². The standard InChI is InChI=1S/C15H21NO3/c17-11-19-10-13-8-4-5-9-14(13)16-15(18)12-6-2-1-3-7-12/h1-3,6-7,13-14,17H,4-5,8-11H2,(H,16,18)/t13-,14-/m1/s1. The first kappa shape index (κ1) is 14.0. The molecule has 2 rings (SSSR count). The Morgan fingerprint density at radius 1 is 1.26 bits per heavy atom. The van der Waals surface area contributed by atoms with E-state index in [1.165, 1.54) is 0 Å². The lowest BCUT2D eigenvalue weighted by Gasteiger charge is -2.31. The Bertz CT molecular complexity index is 394. The molecular formula is C15H21NO3. The third-order valence-corrected chi connectivity index (χ3v) is 3.68. The molecule has 0 aliphatic heterocycles. The van der Waals surface area contributed by atoms with Crippen molar-refractivity contribution in [3.8, 4) is 0 Å². The number of hydrogen-bond donors (Lipinski definition) is 2. The molecule has 1 aromatic rings. The number of carbonyl (C=O) groups is 1. The summed E-state index contributed by atoms with van der Waals surface area (Å²) in [6, 6.07) is 9.40. The summed E-state index contributed by atoms with van der Waals surface area (Å²) in [5, 5.41) is 11.8. The van der Waals surface area contributed by atoms with Crippen LogP contribution >= 0.6 is 0 Å². The maximum atomic E-state index is 12.1. The first-order valence-electron chi connectivity index (χ1n) is 6.86. The molecule has 1 aromatic carbocycles. The minimum atomic E-state index is -0.254. The van der Waals surface area contributed by atoms with E-state index in [0.717, 1.165) is 25.7 Å². The summed E-state index contributed by atoms with van der Waals surface area (Å²) >= 11 is 0. The topological polar surface area (TPSA) is 58.6 Å². The highest BCUT2D eigenvalue weighted by Crippen LogP contribution is 2.25. The average molecular weight is 263 g/mol. The maximum absolute atomic E-state index is 12.1. The number of benzene rings is 1. The van der Waals surface area contributed by atoms with E-state index >= 15 is 0 Å². The van der Waals surface area contributed by atoms with Crippen LogP contribution in [0.4, 0.5) is 0 Å². The molecule has 1 aliphatic carbocycles. The van der Waals surface area contributed by atoms with E-state index in [1.807, 2.05) is 30.3 Å².